The molecule has 0 radical (unpaired) electrons. The van der Waals surface area contributed by atoms with Gasteiger partial charge in [-0.15, -0.1) is 0 Å². The van der Waals surface area contributed by atoms with Crippen LogP contribution in [-0.2, 0) is 9.47 Å². The van der Waals surface area contributed by atoms with Crippen LogP contribution < -0.4 is 0 Å². The molecule has 6 heteroatoms. The Morgan fingerprint density at radius 2 is 1.21 bits per heavy atom. The maximum absolute atomic E-state index is 12.1. The third-order valence-electron chi connectivity index (χ3n) is 3.21. The molecule has 0 bridgehead atoms. The number of phenolic OH excluding ortho intramolecular Hbond substituents is 2. The molecule has 2 rings (SSSR count). The van der Waals surface area contributed by atoms with Crippen LogP contribution >= 0.6 is 0 Å². The van der Waals surface area contributed by atoms with E-state index in [9.17, 15) is 19.8 Å². The maximum atomic E-state index is 12.1. The van der Waals surface area contributed by atoms with E-state index in [0.717, 1.165) is 0 Å². The number of phenols is 2. The first kappa shape index (κ1) is 17.3. The molecule has 0 amide bonds. The third-order valence-corrected chi connectivity index (χ3v) is 3.21. The molecule has 0 aliphatic rings. The Morgan fingerprint density at radius 3 is 1.54 bits per heavy atom. The van der Waals surface area contributed by atoms with Crippen molar-refractivity contribution in [3.05, 3.63) is 59.7 Å². The molecule has 0 unspecified atom stereocenters. The van der Waals surface area contributed by atoms with E-state index in [1.807, 2.05) is 6.92 Å². The number of esters is 2. The fourth-order valence-electron chi connectivity index (χ4n) is 1.95. The van der Waals surface area contributed by atoms with Crippen molar-refractivity contribution in [2.75, 3.05) is 0 Å². The number of benzene rings is 2. The van der Waals surface area contributed by atoms with E-state index in [1.54, 1.807) is 0 Å². The average Bonchev–Trinajstić information content (AvgIpc) is 2.56. The first-order valence-electron chi connectivity index (χ1n) is 7.49. The fraction of sp³-hybridized carbons (Fsp3) is 0.222. The summed E-state index contributed by atoms with van der Waals surface area (Å²) in [4.78, 5) is 24.2. The Bertz CT molecular complexity index is 631. The number of rotatable bonds is 6. The zero-order valence-electron chi connectivity index (χ0n) is 13.1. The van der Waals surface area contributed by atoms with Crippen molar-refractivity contribution in [2.24, 2.45) is 0 Å². The van der Waals surface area contributed by atoms with Gasteiger partial charge in [-0.1, -0.05) is 6.92 Å². The van der Waals surface area contributed by atoms with Gasteiger partial charge in [-0.3, -0.25) is 0 Å². The Morgan fingerprint density at radius 1 is 0.833 bits per heavy atom. The predicted octanol–water partition coefficient (Wildman–Crippen LogP) is 3.24. The first-order valence-corrected chi connectivity index (χ1v) is 7.49. The Hall–Kier alpha value is -3.02. The van der Waals surface area contributed by atoms with Crippen LogP contribution in [0.3, 0.4) is 0 Å². The Balaban J connectivity index is 2.03. The molecule has 0 saturated carbocycles. The molecule has 0 heterocycles. The lowest BCUT2D eigenvalue weighted by atomic mass is 10.2. The highest BCUT2D eigenvalue weighted by Crippen LogP contribution is 2.16. The summed E-state index contributed by atoms with van der Waals surface area (Å²) in [6.45, 7) is 1.87. The van der Waals surface area contributed by atoms with Crippen LogP contribution in [-0.4, -0.2) is 28.4 Å². The van der Waals surface area contributed by atoms with Crippen LogP contribution in [0, 0.1) is 0 Å². The zero-order valence-corrected chi connectivity index (χ0v) is 13.1. The number of carbonyl (C=O) groups is 2. The standard InChI is InChI=1S/C18H18O6/c1-2-3-16(23-17(21)12-4-8-14(19)9-5-12)24-18(22)13-6-10-15(20)11-7-13/h4-11,16,19-20H,2-3H2,1H3. The van der Waals surface area contributed by atoms with Gasteiger partial charge in [-0.2, -0.15) is 0 Å². The number of hydrogen-bond acceptors (Lipinski definition) is 6. The quantitative estimate of drug-likeness (QED) is 0.624. The lowest BCUT2D eigenvalue weighted by Crippen LogP contribution is -2.24. The molecule has 2 aromatic carbocycles. The van der Waals surface area contributed by atoms with Gasteiger partial charge < -0.3 is 19.7 Å². The van der Waals surface area contributed by atoms with E-state index in [1.165, 1.54) is 48.5 Å². The normalized spacial score (nSPS) is 10.4. The molecule has 6 nitrogen and oxygen atoms in total. The Labute approximate surface area is 139 Å². The SMILES string of the molecule is CCCC(OC(=O)c1ccc(O)cc1)OC(=O)c1ccc(O)cc1. The molecule has 24 heavy (non-hydrogen) atoms. The molecule has 0 spiro atoms. The van der Waals surface area contributed by atoms with Gasteiger partial charge in [-0.05, 0) is 55.0 Å². The molecular formula is C18H18O6. The van der Waals surface area contributed by atoms with E-state index >= 15 is 0 Å². The molecule has 0 fully saturated rings. The van der Waals surface area contributed by atoms with Crippen LogP contribution in [0.1, 0.15) is 40.5 Å². The monoisotopic (exact) mass is 330 g/mol. The summed E-state index contributed by atoms with van der Waals surface area (Å²) in [6.07, 6.45) is -0.0121. The highest BCUT2D eigenvalue weighted by molar-refractivity contribution is 5.91. The van der Waals surface area contributed by atoms with Crippen LogP contribution in [0.2, 0.25) is 0 Å². The van der Waals surface area contributed by atoms with Crippen LogP contribution in [0.4, 0.5) is 0 Å². The minimum Gasteiger partial charge on any atom is -0.508 e. The zero-order chi connectivity index (χ0) is 17.5. The lowest BCUT2D eigenvalue weighted by Gasteiger charge is -2.18. The molecule has 0 saturated heterocycles. The van der Waals surface area contributed by atoms with E-state index in [0.29, 0.717) is 12.8 Å². The predicted molar refractivity (Wildman–Crippen MR) is 85.7 cm³/mol. The van der Waals surface area contributed by atoms with Gasteiger partial charge >= 0.3 is 11.9 Å². The van der Waals surface area contributed by atoms with Crippen molar-refractivity contribution in [3.8, 4) is 11.5 Å². The van der Waals surface area contributed by atoms with Crippen LogP contribution in [0.15, 0.2) is 48.5 Å². The van der Waals surface area contributed by atoms with E-state index in [4.69, 9.17) is 9.47 Å². The van der Waals surface area contributed by atoms with Crippen molar-refractivity contribution in [3.63, 3.8) is 0 Å². The van der Waals surface area contributed by atoms with Crippen LogP contribution in [0.25, 0.3) is 0 Å². The first-order chi connectivity index (χ1) is 11.5. The summed E-state index contributed by atoms with van der Waals surface area (Å²) in [7, 11) is 0. The minimum atomic E-state index is -1.02. The highest BCUT2D eigenvalue weighted by Gasteiger charge is 2.20. The molecule has 0 atom stereocenters. The Kier molecular flexibility index (Phi) is 5.78. The second-order valence-corrected chi connectivity index (χ2v) is 5.12. The minimum absolute atomic E-state index is 0.0374. The van der Waals surface area contributed by atoms with Gasteiger partial charge in [0.2, 0.25) is 6.29 Å². The molecule has 2 aromatic rings. The summed E-state index contributed by atoms with van der Waals surface area (Å²) in [5.41, 5.74) is 0.490. The lowest BCUT2D eigenvalue weighted by molar-refractivity contribution is -0.0830. The molecule has 126 valence electrons. The molecular weight excluding hydrogens is 312 g/mol. The second-order valence-electron chi connectivity index (χ2n) is 5.12. The van der Waals surface area contributed by atoms with Crippen molar-refractivity contribution in [2.45, 2.75) is 26.1 Å². The number of aromatic hydroxyl groups is 2. The van der Waals surface area contributed by atoms with Crippen molar-refractivity contribution in [1.82, 2.24) is 0 Å². The topological polar surface area (TPSA) is 93.1 Å². The summed E-state index contributed by atoms with van der Waals surface area (Å²) in [5.74, 6) is -1.22. The van der Waals surface area contributed by atoms with Crippen LogP contribution in [0.5, 0.6) is 11.5 Å². The van der Waals surface area contributed by atoms with E-state index < -0.39 is 18.2 Å². The summed E-state index contributed by atoms with van der Waals surface area (Å²) in [5, 5.41) is 18.5. The van der Waals surface area contributed by atoms with Gasteiger partial charge in [-0.25, -0.2) is 9.59 Å². The summed E-state index contributed by atoms with van der Waals surface area (Å²) in [6, 6.07) is 11.2. The second kappa shape index (κ2) is 8.01. The van der Waals surface area contributed by atoms with Crippen molar-refractivity contribution in [1.29, 1.82) is 0 Å². The third kappa shape index (κ3) is 4.74. The van der Waals surface area contributed by atoms with Gasteiger partial charge in [0.15, 0.2) is 0 Å². The summed E-state index contributed by atoms with van der Waals surface area (Å²) >= 11 is 0. The smallest absolute Gasteiger partial charge is 0.341 e. The van der Waals surface area contributed by atoms with Gasteiger partial charge in [0.1, 0.15) is 11.5 Å². The van der Waals surface area contributed by atoms with Gasteiger partial charge in [0.25, 0.3) is 0 Å². The molecule has 2 N–H and O–H groups in total. The average molecular weight is 330 g/mol. The molecule has 0 aliphatic carbocycles. The van der Waals surface area contributed by atoms with Gasteiger partial charge in [0, 0.05) is 6.42 Å². The number of carbonyl (C=O) groups excluding carboxylic acids is 2. The van der Waals surface area contributed by atoms with Crippen molar-refractivity contribution < 1.29 is 29.3 Å². The molecule has 0 aliphatic heterocycles. The van der Waals surface area contributed by atoms with Gasteiger partial charge in [0.05, 0.1) is 11.1 Å². The van der Waals surface area contributed by atoms with E-state index in [-0.39, 0.29) is 22.6 Å². The number of ether oxygens (including phenoxy) is 2. The number of hydrogen-bond donors (Lipinski definition) is 2. The molecule has 0 aromatic heterocycles. The van der Waals surface area contributed by atoms with E-state index in [2.05, 4.69) is 0 Å². The summed E-state index contributed by atoms with van der Waals surface area (Å²) < 4.78 is 10.4. The highest BCUT2D eigenvalue weighted by atomic mass is 16.7. The van der Waals surface area contributed by atoms with Crippen molar-refractivity contribution >= 4 is 11.9 Å². The fourth-order valence-corrected chi connectivity index (χ4v) is 1.95. The largest absolute Gasteiger partial charge is 0.508 e. The maximum Gasteiger partial charge on any atom is 0.341 e.